The Morgan fingerprint density at radius 3 is 2.45 bits per heavy atom. The van der Waals surface area contributed by atoms with Gasteiger partial charge in [0.2, 0.25) is 5.82 Å². The van der Waals surface area contributed by atoms with Gasteiger partial charge in [-0.05, 0) is 54.8 Å². The van der Waals surface area contributed by atoms with Gasteiger partial charge in [0, 0.05) is 29.2 Å². The van der Waals surface area contributed by atoms with E-state index in [-0.39, 0.29) is 0 Å². The zero-order valence-corrected chi connectivity index (χ0v) is 17.6. The first-order chi connectivity index (χ1) is 14.1. The highest BCUT2D eigenvalue weighted by Crippen LogP contribution is 2.44. The quantitative estimate of drug-likeness (QED) is 0.433. The molecule has 3 heterocycles. The number of tetrazole rings is 1. The van der Waals surface area contributed by atoms with Crippen LogP contribution in [0.2, 0.25) is 15.1 Å². The molecule has 5 rings (SSSR count). The van der Waals surface area contributed by atoms with E-state index in [0.29, 0.717) is 20.9 Å². The third-order valence-electron chi connectivity index (χ3n) is 5.28. The van der Waals surface area contributed by atoms with E-state index in [4.69, 9.17) is 34.8 Å². The summed E-state index contributed by atoms with van der Waals surface area (Å²) in [6, 6.07) is 11.5. The summed E-state index contributed by atoms with van der Waals surface area (Å²) in [5, 5.41) is 17.6. The predicted octanol–water partition coefficient (Wildman–Crippen LogP) is 5.76. The van der Waals surface area contributed by atoms with Crippen LogP contribution in [0.5, 0.6) is 0 Å². The first kappa shape index (κ1) is 18.7. The van der Waals surface area contributed by atoms with Crippen molar-refractivity contribution in [1.82, 2.24) is 25.2 Å². The number of fused-ring (bicyclic) bond motifs is 1. The van der Waals surface area contributed by atoms with Crippen LogP contribution < -0.4 is 4.90 Å². The summed E-state index contributed by atoms with van der Waals surface area (Å²) in [6.45, 7) is 1.92. The third-order valence-corrected chi connectivity index (χ3v) is 6.24. The van der Waals surface area contributed by atoms with Gasteiger partial charge in [-0.25, -0.2) is 0 Å². The van der Waals surface area contributed by atoms with Crippen LogP contribution in [0, 0.1) is 0 Å². The summed E-state index contributed by atoms with van der Waals surface area (Å²) < 4.78 is 2.08. The molecule has 0 radical (unpaired) electrons. The molecule has 2 aromatic carbocycles. The first-order valence-corrected chi connectivity index (χ1v) is 10.5. The van der Waals surface area contributed by atoms with E-state index >= 15 is 0 Å². The molecule has 2 aromatic heterocycles. The number of nitrogens with one attached hydrogen (secondary N) is 1. The second kappa shape index (κ2) is 7.52. The van der Waals surface area contributed by atoms with Crippen molar-refractivity contribution in [3.05, 3.63) is 51.5 Å². The van der Waals surface area contributed by atoms with Gasteiger partial charge in [-0.3, -0.25) is 0 Å². The van der Waals surface area contributed by atoms with Crippen molar-refractivity contribution in [3.8, 4) is 17.2 Å². The number of aromatic amines is 1. The minimum atomic E-state index is 0.491. The van der Waals surface area contributed by atoms with Crippen LogP contribution in [0.4, 0.5) is 5.69 Å². The molecule has 6 nitrogen and oxygen atoms in total. The number of hydrogen-bond donors (Lipinski definition) is 1. The Labute approximate surface area is 182 Å². The number of hydrogen-bond acceptors (Lipinski definition) is 4. The van der Waals surface area contributed by atoms with Gasteiger partial charge in [0.05, 0.1) is 21.2 Å². The summed E-state index contributed by atoms with van der Waals surface area (Å²) in [7, 11) is 0. The van der Waals surface area contributed by atoms with Crippen molar-refractivity contribution in [3.63, 3.8) is 0 Å². The second-order valence-corrected chi connectivity index (χ2v) is 8.33. The molecule has 1 aliphatic heterocycles. The Bertz CT molecular complexity index is 1180. The molecule has 0 aliphatic carbocycles. The Morgan fingerprint density at radius 1 is 0.931 bits per heavy atom. The van der Waals surface area contributed by atoms with Gasteiger partial charge in [0.15, 0.2) is 0 Å². The first-order valence-electron chi connectivity index (χ1n) is 9.41. The minimum absolute atomic E-state index is 0.491. The summed E-state index contributed by atoms with van der Waals surface area (Å²) >= 11 is 19.2. The number of halogens is 3. The van der Waals surface area contributed by atoms with E-state index < -0.39 is 0 Å². The average molecular weight is 448 g/mol. The van der Waals surface area contributed by atoms with E-state index in [1.807, 2.05) is 36.4 Å². The smallest absolute Gasteiger partial charge is 0.223 e. The lowest BCUT2D eigenvalue weighted by Crippen LogP contribution is -2.29. The number of rotatable bonds is 3. The van der Waals surface area contributed by atoms with E-state index in [1.165, 1.54) is 6.42 Å². The van der Waals surface area contributed by atoms with Gasteiger partial charge in [0.25, 0.3) is 0 Å². The van der Waals surface area contributed by atoms with Crippen molar-refractivity contribution < 1.29 is 0 Å². The molecular weight excluding hydrogens is 431 g/mol. The molecule has 0 amide bonds. The number of benzene rings is 2. The normalized spacial score (nSPS) is 14.7. The lowest BCUT2D eigenvalue weighted by molar-refractivity contribution is 0.579. The molecule has 0 spiro atoms. The lowest BCUT2D eigenvalue weighted by atomic mass is 10.1. The SMILES string of the molecule is Clc1cccc(-n2c(-c3nn[nH]n3)c(N3CCCCC3)c3cc(Cl)c(Cl)cc32)c1. The maximum Gasteiger partial charge on any atom is 0.223 e. The maximum absolute atomic E-state index is 6.43. The summed E-state index contributed by atoms with van der Waals surface area (Å²) in [5.41, 5.74) is 3.70. The zero-order valence-electron chi connectivity index (χ0n) is 15.4. The molecule has 1 fully saturated rings. The highest BCUT2D eigenvalue weighted by Gasteiger charge is 2.28. The fraction of sp³-hybridized carbons (Fsp3) is 0.250. The van der Waals surface area contributed by atoms with Crippen LogP contribution in [0.25, 0.3) is 28.1 Å². The summed E-state index contributed by atoms with van der Waals surface area (Å²) in [5.74, 6) is 0.508. The molecule has 1 saturated heterocycles. The molecule has 1 aliphatic rings. The summed E-state index contributed by atoms with van der Waals surface area (Å²) in [6.07, 6.45) is 3.50. The van der Waals surface area contributed by atoms with Crippen LogP contribution >= 0.6 is 34.8 Å². The number of nitrogens with zero attached hydrogens (tertiary/aromatic N) is 5. The molecule has 29 heavy (non-hydrogen) atoms. The average Bonchev–Trinajstić information content (AvgIpc) is 3.35. The van der Waals surface area contributed by atoms with Crippen molar-refractivity contribution in [2.45, 2.75) is 19.3 Å². The van der Waals surface area contributed by atoms with Crippen LogP contribution in [0.15, 0.2) is 36.4 Å². The van der Waals surface area contributed by atoms with E-state index in [1.54, 1.807) is 0 Å². The lowest BCUT2D eigenvalue weighted by Gasteiger charge is -2.29. The van der Waals surface area contributed by atoms with Crippen LogP contribution in [-0.2, 0) is 0 Å². The van der Waals surface area contributed by atoms with Crippen LogP contribution in [0.3, 0.4) is 0 Å². The summed E-state index contributed by atoms with van der Waals surface area (Å²) in [4.78, 5) is 2.38. The second-order valence-electron chi connectivity index (χ2n) is 7.08. The molecule has 148 valence electrons. The number of anilines is 1. The zero-order chi connectivity index (χ0) is 20.0. The van der Waals surface area contributed by atoms with Gasteiger partial charge in [-0.2, -0.15) is 5.21 Å². The number of H-pyrrole nitrogens is 1. The van der Waals surface area contributed by atoms with Gasteiger partial charge in [-0.1, -0.05) is 40.9 Å². The molecule has 0 unspecified atom stereocenters. The van der Waals surface area contributed by atoms with Gasteiger partial charge in [-0.15, -0.1) is 10.2 Å². The Morgan fingerprint density at radius 2 is 1.72 bits per heavy atom. The molecule has 4 aromatic rings. The Kier molecular flexibility index (Phi) is 4.86. The van der Waals surface area contributed by atoms with Crippen molar-refractivity contribution in [2.24, 2.45) is 0 Å². The minimum Gasteiger partial charge on any atom is -0.369 e. The molecule has 0 atom stereocenters. The largest absolute Gasteiger partial charge is 0.369 e. The topological polar surface area (TPSA) is 62.6 Å². The van der Waals surface area contributed by atoms with Crippen molar-refractivity contribution in [1.29, 1.82) is 0 Å². The van der Waals surface area contributed by atoms with Gasteiger partial charge in [0.1, 0.15) is 5.69 Å². The van der Waals surface area contributed by atoms with E-state index in [9.17, 15) is 0 Å². The highest BCUT2D eigenvalue weighted by molar-refractivity contribution is 6.43. The van der Waals surface area contributed by atoms with E-state index in [0.717, 1.165) is 53.9 Å². The molecular formula is C20H17Cl3N6. The molecule has 0 saturated carbocycles. The Balaban J connectivity index is 1.91. The molecule has 0 bridgehead atoms. The van der Waals surface area contributed by atoms with Crippen molar-refractivity contribution >= 4 is 51.4 Å². The van der Waals surface area contributed by atoms with Gasteiger partial charge >= 0.3 is 0 Å². The molecule has 9 heteroatoms. The number of aromatic nitrogens is 5. The fourth-order valence-corrected chi connectivity index (χ4v) is 4.56. The van der Waals surface area contributed by atoms with E-state index in [2.05, 4.69) is 30.1 Å². The highest BCUT2D eigenvalue weighted by atomic mass is 35.5. The van der Waals surface area contributed by atoms with Crippen LogP contribution in [-0.4, -0.2) is 38.3 Å². The monoisotopic (exact) mass is 446 g/mol. The Hall–Kier alpha value is -2.28. The standard InChI is InChI=1S/C20H17Cl3N6/c21-12-5-4-6-13(9-12)29-17-11-16(23)15(22)10-14(17)18(28-7-2-1-3-8-28)19(29)20-24-26-27-25-20/h4-6,9-11H,1-3,7-8H2,(H,24,25,26,27). The molecule has 1 N–H and O–H groups in total. The van der Waals surface area contributed by atoms with Crippen LogP contribution in [0.1, 0.15) is 19.3 Å². The number of piperidine rings is 1. The third kappa shape index (κ3) is 3.25. The maximum atomic E-state index is 6.43. The fourth-order valence-electron chi connectivity index (χ4n) is 4.05. The predicted molar refractivity (Wildman–Crippen MR) is 118 cm³/mol. The van der Waals surface area contributed by atoms with Gasteiger partial charge < -0.3 is 9.47 Å². The van der Waals surface area contributed by atoms with Crippen molar-refractivity contribution in [2.75, 3.05) is 18.0 Å².